The van der Waals surface area contributed by atoms with Gasteiger partial charge in [-0.05, 0) is 18.2 Å². The largest absolute Gasteiger partial charge is 0.464 e. The molecule has 2 aromatic rings. The van der Waals surface area contributed by atoms with E-state index in [0.29, 0.717) is 11.0 Å². The molecule has 0 unspecified atom stereocenters. The lowest BCUT2D eigenvalue weighted by atomic mass is 10.2. The third kappa shape index (κ3) is 1.41. The highest BCUT2D eigenvalue weighted by atomic mass is 19.1. The zero-order valence-electron chi connectivity index (χ0n) is 6.79. The van der Waals surface area contributed by atoms with Crippen LogP contribution >= 0.6 is 0 Å². The van der Waals surface area contributed by atoms with E-state index in [-0.39, 0.29) is 12.4 Å². The van der Waals surface area contributed by atoms with E-state index in [2.05, 4.69) is 4.84 Å². The highest BCUT2D eigenvalue weighted by Crippen LogP contribution is 2.22. The second kappa shape index (κ2) is 3.16. The number of nitrogens with two attached hydrogens (primary N) is 1. The summed E-state index contributed by atoms with van der Waals surface area (Å²) < 4.78 is 18.0. The molecule has 0 aliphatic heterocycles. The molecule has 0 saturated carbocycles. The zero-order chi connectivity index (χ0) is 9.26. The smallest absolute Gasteiger partial charge is 0.134 e. The van der Waals surface area contributed by atoms with E-state index >= 15 is 0 Å². The van der Waals surface area contributed by atoms with Crippen molar-refractivity contribution in [1.82, 2.24) is 0 Å². The lowest BCUT2D eigenvalue weighted by molar-refractivity contribution is 0.124. The number of rotatable bonds is 2. The van der Waals surface area contributed by atoms with Crippen molar-refractivity contribution in [3.8, 4) is 0 Å². The van der Waals surface area contributed by atoms with Gasteiger partial charge in [0.15, 0.2) is 0 Å². The molecule has 0 bridgehead atoms. The highest BCUT2D eigenvalue weighted by molar-refractivity contribution is 5.80. The molecule has 0 radical (unpaired) electrons. The second-order valence-corrected chi connectivity index (χ2v) is 2.71. The minimum absolute atomic E-state index is 0.219. The van der Waals surface area contributed by atoms with Crippen LogP contribution in [0.1, 0.15) is 5.56 Å². The van der Waals surface area contributed by atoms with Gasteiger partial charge in [0.2, 0.25) is 0 Å². The van der Waals surface area contributed by atoms with Crippen molar-refractivity contribution in [2.75, 3.05) is 0 Å². The molecule has 0 saturated heterocycles. The first-order chi connectivity index (χ1) is 6.31. The normalized spacial score (nSPS) is 10.9. The molecular weight excluding hydrogens is 173 g/mol. The average Bonchev–Trinajstić information content (AvgIpc) is 2.49. The van der Waals surface area contributed by atoms with Gasteiger partial charge in [-0.3, -0.25) is 4.84 Å². The maximum Gasteiger partial charge on any atom is 0.134 e. The van der Waals surface area contributed by atoms with Gasteiger partial charge in [-0.25, -0.2) is 10.3 Å². The van der Waals surface area contributed by atoms with Crippen molar-refractivity contribution in [3.05, 3.63) is 35.8 Å². The average molecular weight is 181 g/mol. The van der Waals surface area contributed by atoms with Gasteiger partial charge >= 0.3 is 0 Å². The molecule has 0 aliphatic rings. The molecule has 3 nitrogen and oxygen atoms in total. The molecule has 0 aliphatic carbocycles. The summed E-state index contributed by atoms with van der Waals surface area (Å²) in [4.78, 5) is 4.45. The Balaban J connectivity index is 2.58. The Morgan fingerprint density at radius 1 is 1.46 bits per heavy atom. The van der Waals surface area contributed by atoms with Gasteiger partial charge in [-0.1, -0.05) is 0 Å². The van der Waals surface area contributed by atoms with Crippen LogP contribution in [-0.2, 0) is 11.4 Å². The van der Waals surface area contributed by atoms with Crippen molar-refractivity contribution >= 4 is 11.0 Å². The molecule has 1 heterocycles. The Bertz CT molecular complexity index is 424. The predicted octanol–water partition coefficient (Wildman–Crippen LogP) is 1.96. The number of benzene rings is 1. The van der Waals surface area contributed by atoms with Crippen LogP contribution in [0.15, 0.2) is 28.9 Å². The molecule has 0 fully saturated rings. The van der Waals surface area contributed by atoms with Gasteiger partial charge < -0.3 is 4.42 Å². The first-order valence-corrected chi connectivity index (χ1v) is 3.78. The fourth-order valence-electron chi connectivity index (χ4n) is 1.26. The molecule has 2 rings (SSSR count). The number of fused-ring (bicyclic) bond motifs is 1. The summed E-state index contributed by atoms with van der Waals surface area (Å²) in [7, 11) is 0. The van der Waals surface area contributed by atoms with E-state index in [1.54, 1.807) is 6.07 Å². The van der Waals surface area contributed by atoms with Crippen LogP contribution in [0.25, 0.3) is 11.0 Å². The molecule has 4 heteroatoms. The van der Waals surface area contributed by atoms with Gasteiger partial charge in [0.25, 0.3) is 0 Å². The Hall–Kier alpha value is -1.39. The molecule has 1 aromatic carbocycles. The zero-order valence-corrected chi connectivity index (χ0v) is 6.79. The first kappa shape index (κ1) is 8.22. The van der Waals surface area contributed by atoms with Gasteiger partial charge in [-0.2, -0.15) is 0 Å². The Labute approximate surface area is 73.8 Å². The third-order valence-corrected chi connectivity index (χ3v) is 1.85. The standard InChI is InChI=1S/C9H8FNO2/c10-7-1-2-9-8(3-7)6(4-12-9)5-13-11/h1-4H,5,11H2. The molecule has 2 N–H and O–H groups in total. The Kier molecular flexibility index (Phi) is 2.00. The predicted molar refractivity (Wildman–Crippen MR) is 45.1 cm³/mol. The van der Waals surface area contributed by atoms with E-state index < -0.39 is 0 Å². The third-order valence-electron chi connectivity index (χ3n) is 1.85. The summed E-state index contributed by atoms with van der Waals surface area (Å²) in [5, 5.41) is 0.699. The maximum absolute atomic E-state index is 12.8. The summed E-state index contributed by atoms with van der Waals surface area (Å²) in [6, 6.07) is 4.32. The molecule has 68 valence electrons. The van der Waals surface area contributed by atoms with Crippen LogP contribution in [0.5, 0.6) is 0 Å². The van der Waals surface area contributed by atoms with Gasteiger partial charge in [0.05, 0.1) is 12.9 Å². The summed E-state index contributed by atoms with van der Waals surface area (Å²) >= 11 is 0. The number of furan rings is 1. The Morgan fingerprint density at radius 2 is 2.31 bits per heavy atom. The van der Waals surface area contributed by atoms with Crippen molar-refractivity contribution in [2.24, 2.45) is 5.90 Å². The van der Waals surface area contributed by atoms with Crippen LogP contribution in [0.2, 0.25) is 0 Å². The lowest BCUT2D eigenvalue weighted by Crippen LogP contribution is -1.97. The molecule has 0 atom stereocenters. The number of hydrogen-bond acceptors (Lipinski definition) is 3. The van der Waals surface area contributed by atoms with Crippen molar-refractivity contribution in [3.63, 3.8) is 0 Å². The van der Waals surface area contributed by atoms with Crippen LogP contribution in [0.4, 0.5) is 4.39 Å². The fraction of sp³-hybridized carbons (Fsp3) is 0.111. The molecule has 13 heavy (non-hydrogen) atoms. The summed E-state index contributed by atoms with van der Waals surface area (Å²) in [6.07, 6.45) is 1.51. The van der Waals surface area contributed by atoms with Crippen molar-refractivity contribution in [1.29, 1.82) is 0 Å². The quantitative estimate of drug-likeness (QED) is 0.720. The van der Waals surface area contributed by atoms with Crippen LogP contribution in [0, 0.1) is 5.82 Å². The summed E-state index contributed by atoms with van der Waals surface area (Å²) in [6.45, 7) is 0.219. The van der Waals surface area contributed by atoms with Crippen LogP contribution in [0.3, 0.4) is 0 Å². The molecular formula is C9H8FNO2. The van der Waals surface area contributed by atoms with Crippen LogP contribution in [-0.4, -0.2) is 0 Å². The van der Waals surface area contributed by atoms with E-state index in [9.17, 15) is 4.39 Å². The summed E-state index contributed by atoms with van der Waals surface area (Å²) in [5.74, 6) is 4.61. The molecule has 1 aromatic heterocycles. The van der Waals surface area contributed by atoms with Crippen molar-refractivity contribution in [2.45, 2.75) is 6.61 Å². The van der Waals surface area contributed by atoms with Crippen molar-refractivity contribution < 1.29 is 13.6 Å². The molecule has 0 amide bonds. The summed E-state index contributed by atoms with van der Waals surface area (Å²) in [5.41, 5.74) is 1.38. The van der Waals surface area contributed by atoms with E-state index in [0.717, 1.165) is 5.56 Å². The fourth-order valence-corrected chi connectivity index (χ4v) is 1.26. The van der Waals surface area contributed by atoms with Gasteiger partial charge in [0.1, 0.15) is 11.4 Å². The van der Waals surface area contributed by atoms with E-state index in [1.807, 2.05) is 0 Å². The topological polar surface area (TPSA) is 48.4 Å². The van der Waals surface area contributed by atoms with Crippen LogP contribution < -0.4 is 5.90 Å². The number of hydrogen-bond donors (Lipinski definition) is 1. The first-order valence-electron chi connectivity index (χ1n) is 3.78. The van der Waals surface area contributed by atoms with Gasteiger partial charge in [-0.15, -0.1) is 0 Å². The Morgan fingerprint density at radius 3 is 3.08 bits per heavy atom. The minimum Gasteiger partial charge on any atom is -0.464 e. The van der Waals surface area contributed by atoms with Gasteiger partial charge in [0, 0.05) is 10.9 Å². The SMILES string of the molecule is NOCc1coc2ccc(F)cc12. The lowest BCUT2D eigenvalue weighted by Gasteiger charge is -1.94. The van der Waals surface area contributed by atoms with E-state index in [4.69, 9.17) is 10.3 Å². The number of halogens is 1. The van der Waals surface area contributed by atoms with E-state index in [1.165, 1.54) is 18.4 Å². The minimum atomic E-state index is -0.299. The molecule has 0 spiro atoms. The highest BCUT2D eigenvalue weighted by Gasteiger charge is 2.05. The second-order valence-electron chi connectivity index (χ2n) is 2.71. The monoisotopic (exact) mass is 181 g/mol. The maximum atomic E-state index is 12.8.